The summed E-state index contributed by atoms with van der Waals surface area (Å²) < 4.78 is 16.4. The Labute approximate surface area is 211 Å². The standard InChI is InChI=1S/C25H28FN11/c1-11(2)37-23-19(34-35-37)7-14(9-29-23)30-25-32-22-20(16-5-13(26)6-18(28-3)21(16)31-22)24(33-25)36-10-12-4-15(36)8-17(12)27/h5-7,9,11-12,15,17,28H,4,8,10,27H2,1-3H3,(H2,30,31,32,33)/t12-,15?,17-/m1/s1. The number of nitrogens with zero attached hydrogens (tertiary/aromatic N) is 7. The van der Waals surface area contributed by atoms with Gasteiger partial charge in [0.05, 0.1) is 34.5 Å². The van der Waals surface area contributed by atoms with Gasteiger partial charge in [-0.2, -0.15) is 9.97 Å². The summed E-state index contributed by atoms with van der Waals surface area (Å²) in [7, 11) is 1.78. The summed E-state index contributed by atoms with van der Waals surface area (Å²) in [6.45, 7) is 4.90. The van der Waals surface area contributed by atoms with Gasteiger partial charge in [-0.3, -0.25) is 0 Å². The molecule has 3 atom stereocenters. The van der Waals surface area contributed by atoms with Crippen LogP contribution < -0.4 is 21.3 Å². The maximum atomic E-state index is 14.6. The molecule has 4 aromatic heterocycles. The van der Waals surface area contributed by atoms with E-state index in [1.807, 2.05) is 19.9 Å². The first-order valence-corrected chi connectivity index (χ1v) is 12.6. The van der Waals surface area contributed by atoms with Crippen molar-refractivity contribution >= 4 is 56.2 Å². The van der Waals surface area contributed by atoms with Gasteiger partial charge >= 0.3 is 0 Å². The number of hydrogen-bond acceptors (Lipinski definition) is 9. The number of hydrogen-bond donors (Lipinski definition) is 4. The Morgan fingerprint density at radius 1 is 1.19 bits per heavy atom. The molecule has 1 saturated carbocycles. The molecule has 5 aromatic rings. The normalized spacial score (nSPS) is 21.2. The number of nitrogens with one attached hydrogen (secondary N) is 3. The summed E-state index contributed by atoms with van der Waals surface area (Å²) >= 11 is 0. The van der Waals surface area contributed by atoms with E-state index >= 15 is 0 Å². The molecule has 5 N–H and O–H groups in total. The van der Waals surface area contributed by atoms with Crippen LogP contribution in [0.15, 0.2) is 24.4 Å². The zero-order valence-electron chi connectivity index (χ0n) is 20.8. The Bertz CT molecular complexity index is 1670. The fourth-order valence-electron chi connectivity index (χ4n) is 5.94. The van der Waals surface area contributed by atoms with Crippen LogP contribution in [-0.2, 0) is 0 Å². The van der Waals surface area contributed by atoms with Crippen molar-refractivity contribution in [3.05, 3.63) is 30.2 Å². The maximum Gasteiger partial charge on any atom is 0.231 e. The van der Waals surface area contributed by atoms with Gasteiger partial charge < -0.3 is 26.3 Å². The van der Waals surface area contributed by atoms with Crippen molar-refractivity contribution in [3.63, 3.8) is 0 Å². The Balaban J connectivity index is 1.37. The van der Waals surface area contributed by atoms with E-state index in [2.05, 4.69) is 35.8 Å². The third kappa shape index (κ3) is 3.39. The highest BCUT2D eigenvalue weighted by Gasteiger charge is 2.44. The summed E-state index contributed by atoms with van der Waals surface area (Å²) in [5.41, 5.74) is 10.6. The molecule has 190 valence electrons. The van der Waals surface area contributed by atoms with E-state index in [0.717, 1.165) is 47.1 Å². The molecule has 1 aromatic carbocycles. The zero-order valence-corrected chi connectivity index (χ0v) is 20.8. The van der Waals surface area contributed by atoms with Gasteiger partial charge in [0.15, 0.2) is 5.65 Å². The van der Waals surface area contributed by atoms with Crippen LogP contribution >= 0.6 is 0 Å². The third-order valence-corrected chi connectivity index (χ3v) is 7.70. The van der Waals surface area contributed by atoms with Crippen molar-refractivity contribution in [2.24, 2.45) is 11.7 Å². The lowest BCUT2D eigenvalue weighted by Crippen LogP contribution is -2.41. The van der Waals surface area contributed by atoms with Crippen LogP contribution in [0.25, 0.3) is 33.1 Å². The molecule has 1 aliphatic carbocycles. The quantitative estimate of drug-likeness (QED) is 0.284. The third-order valence-electron chi connectivity index (χ3n) is 7.70. The summed E-state index contributed by atoms with van der Waals surface area (Å²) in [6, 6.07) is 5.58. The lowest BCUT2D eigenvalue weighted by Gasteiger charge is -2.31. The predicted molar refractivity (Wildman–Crippen MR) is 142 cm³/mol. The van der Waals surface area contributed by atoms with Crippen molar-refractivity contribution in [2.75, 3.05) is 29.1 Å². The molecule has 11 nitrogen and oxygen atoms in total. The van der Waals surface area contributed by atoms with Crippen molar-refractivity contribution in [2.45, 2.75) is 44.8 Å². The van der Waals surface area contributed by atoms with Crippen LogP contribution in [0.4, 0.5) is 27.5 Å². The average Bonchev–Trinajstić information content (AvgIpc) is 3.64. The number of aromatic nitrogens is 7. The highest BCUT2D eigenvalue weighted by atomic mass is 19.1. The van der Waals surface area contributed by atoms with Gasteiger partial charge in [0, 0.05) is 31.1 Å². The summed E-state index contributed by atoms with van der Waals surface area (Å²) in [5, 5.41) is 16.4. The van der Waals surface area contributed by atoms with Gasteiger partial charge in [-0.1, -0.05) is 5.21 Å². The molecule has 37 heavy (non-hydrogen) atoms. The van der Waals surface area contributed by atoms with Crippen molar-refractivity contribution < 1.29 is 4.39 Å². The lowest BCUT2D eigenvalue weighted by molar-refractivity contribution is 0.471. The van der Waals surface area contributed by atoms with E-state index in [0.29, 0.717) is 40.4 Å². The van der Waals surface area contributed by atoms with E-state index in [1.54, 1.807) is 24.0 Å². The summed E-state index contributed by atoms with van der Waals surface area (Å²) in [6.07, 6.45) is 3.69. The number of halogens is 1. The van der Waals surface area contributed by atoms with Crippen LogP contribution in [0.2, 0.25) is 0 Å². The second kappa shape index (κ2) is 7.97. The van der Waals surface area contributed by atoms with Crippen LogP contribution in [0.1, 0.15) is 32.7 Å². The molecule has 2 bridgehead atoms. The molecule has 0 spiro atoms. The minimum Gasteiger partial charge on any atom is -0.386 e. The lowest BCUT2D eigenvalue weighted by atomic mass is 10.0. The molecule has 1 unspecified atom stereocenters. The Kier molecular flexibility index (Phi) is 4.77. The highest BCUT2D eigenvalue weighted by Crippen LogP contribution is 2.44. The van der Waals surface area contributed by atoms with E-state index in [9.17, 15) is 4.39 Å². The van der Waals surface area contributed by atoms with Gasteiger partial charge in [-0.15, -0.1) is 5.10 Å². The number of fused-ring (bicyclic) bond motifs is 6. The van der Waals surface area contributed by atoms with Gasteiger partial charge in [0.1, 0.15) is 22.8 Å². The first-order valence-electron chi connectivity index (χ1n) is 12.6. The minimum absolute atomic E-state index is 0.155. The molecule has 0 radical (unpaired) electrons. The predicted octanol–water partition coefficient (Wildman–Crippen LogP) is 3.68. The van der Waals surface area contributed by atoms with Gasteiger partial charge in [0.25, 0.3) is 0 Å². The molecular weight excluding hydrogens is 473 g/mol. The van der Waals surface area contributed by atoms with E-state index in [1.165, 1.54) is 6.07 Å². The molecule has 5 heterocycles. The molecule has 1 aliphatic heterocycles. The number of benzene rings is 1. The van der Waals surface area contributed by atoms with E-state index in [4.69, 9.17) is 15.7 Å². The number of H-pyrrole nitrogens is 1. The largest absolute Gasteiger partial charge is 0.386 e. The number of rotatable bonds is 5. The summed E-state index contributed by atoms with van der Waals surface area (Å²) in [5.74, 6) is 1.32. The molecule has 0 amide bonds. The highest BCUT2D eigenvalue weighted by molar-refractivity contribution is 6.15. The Morgan fingerprint density at radius 2 is 2.05 bits per heavy atom. The van der Waals surface area contributed by atoms with Gasteiger partial charge in [-0.05, 0) is 50.8 Å². The maximum absolute atomic E-state index is 14.6. The molecular formula is C25H28FN11. The number of aromatic amines is 1. The van der Waals surface area contributed by atoms with E-state index < -0.39 is 0 Å². The first kappa shape index (κ1) is 22.2. The number of piperidine rings is 1. The number of nitrogens with two attached hydrogens (primary N) is 1. The van der Waals surface area contributed by atoms with Crippen LogP contribution in [-0.4, -0.2) is 60.6 Å². The van der Waals surface area contributed by atoms with E-state index in [-0.39, 0.29) is 17.9 Å². The average molecular weight is 502 g/mol. The fourth-order valence-corrected chi connectivity index (χ4v) is 5.94. The van der Waals surface area contributed by atoms with Crippen LogP contribution in [0, 0.1) is 11.7 Å². The smallest absolute Gasteiger partial charge is 0.231 e. The molecule has 12 heteroatoms. The minimum atomic E-state index is -0.315. The molecule has 2 aliphatic rings. The fraction of sp³-hybridized carbons (Fsp3) is 0.400. The van der Waals surface area contributed by atoms with Gasteiger partial charge in [0.2, 0.25) is 5.95 Å². The monoisotopic (exact) mass is 501 g/mol. The van der Waals surface area contributed by atoms with Crippen molar-refractivity contribution in [3.8, 4) is 0 Å². The van der Waals surface area contributed by atoms with Crippen LogP contribution in [0.5, 0.6) is 0 Å². The second-order valence-corrected chi connectivity index (χ2v) is 10.4. The number of pyridine rings is 1. The second-order valence-electron chi connectivity index (χ2n) is 10.4. The molecule has 2 fully saturated rings. The Morgan fingerprint density at radius 3 is 2.78 bits per heavy atom. The molecule has 1 saturated heterocycles. The van der Waals surface area contributed by atoms with Crippen molar-refractivity contribution in [1.82, 2.24) is 34.9 Å². The van der Waals surface area contributed by atoms with Gasteiger partial charge in [-0.25, -0.2) is 14.1 Å². The van der Waals surface area contributed by atoms with Crippen LogP contribution in [0.3, 0.4) is 0 Å². The SMILES string of the molecule is CNc1cc(F)cc2c1[nH]c1nc(Nc3cnc4c(c3)nnn4C(C)C)nc(N3C[C@H]4CC3C[C@H]4N)c12. The zero-order chi connectivity index (χ0) is 25.4. The summed E-state index contributed by atoms with van der Waals surface area (Å²) in [4.78, 5) is 20.0. The Hall–Kier alpha value is -4.06. The topological polar surface area (TPSA) is 138 Å². The first-order chi connectivity index (χ1) is 17.9. The molecule has 7 rings (SSSR count). The number of anilines is 4. The van der Waals surface area contributed by atoms with Crippen molar-refractivity contribution in [1.29, 1.82) is 0 Å².